The number of sulfonamides is 1. The van der Waals surface area contributed by atoms with Gasteiger partial charge in [0, 0.05) is 5.56 Å². The molecule has 0 aliphatic carbocycles. The molecule has 0 aliphatic heterocycles. The van der Waals surface area contributed by atoms with Gasteiger partial charge < -0.3 is 5.11 Å². The van der Waals surface area contributed by atoms with E-state index in [9.17, 15) is 26.4 Å². The summed E-state index contributed by atoms with van der Waals surface area (Å²) in [5.74, 6) is -5.47. The minimum Gasteiger partial charge on any atom is -0.478 e. The van der Waals surface area contributed by atoms with E-state index in [1.54, 1.807) is 0 Å². The van der Waals surface area contributed by atoms with Gasteiger partial charge in [0.2, 0.25) is 0 Å². The highest BCUT2D eigenvalue weighted by molar-refractivity contribution is 7.94. The van der Waals surface area contributed by atoms with Gasteiger partial charge in [-0.3, -0.25) is 4.72 Å². The summed E-state index contributed by atoms with van der Waals surface area (Å²) in [6.07, 6.45) is 1.02. The molecule has 27 heavy (non-hydrogen) atoms. The minimum absolute atomic E-state index is 0.281. The van der Waals surface area contributed by atoms with Crippen LogP contribution in [0.4, 0.5) is 18.9 Å². The third kappa shape index (κ3) is 3.78. The average molecular weight is 414 g/mol. The summed E-state index contributed by atoms with van der Waals surface area (Å²) in [5, 5.41) is 9.03. The fourth-order valence-electron chi connectivity index (χ4n) is 2.10. The van der Waals surface area contributed by atoms with E-state index in [2.05, 4.69) is 4.98 Å². The van der Waals surface area contributed by atoms with E-state index < -0.39 is 44.7 Å². The minimum atomic E-state index is -4.30. The molecular formula is C16H9F3N2O4S2. The Morgan fingerprint density at radius 2 is 1.70 bits per heavy atom. The van der Waals surface area contributed by atoms with Crippen molar-refractivity contribution in [2.24, 2.45) is 0 Å². The van der Waals surface area contributed by atoms with Crippen molar-refractivity contribution in [2.75, 3.05) is 4.72 Å². The Hall–Kier alpha value is -2.92. The van der Waals surface area contributed by atoms with Gasteiger partial charge in [-0.2, -0.15) is 0 Å². The lowest BCUT2D eigenvalue weighted by Gasteiger charge is -2.08. The molecule has 0 spiro atoms. The quantitative estimate of drug-likeness (QED) is 0.663. The molecule has 1 heterocycles. The van der Waals surface area contributed by atoms with Gasteiger partial charge >= 0.3 is 5.97 Å². The van der Waals surface area contributed by atoms with Gasteiger partial charge in [-0.1, -0.05) is 0 Å². The van der Waals surface area contributed by atoms with Gasteiger partial charge in [0.1, 0.15) is 10.8 Å². The van der Waals surface area contributed by atoms with Crippen LogP contribution >= 0.6 is 11.3 Å². The van der Waals surface area contributed by atoms with E-state index in [0.717, 1.165) is 29.7 Å². The van der Waals surface area contributed by atoms with Crippen molar-refractivity contribution in [1.29, 1.82) is 0 Å². The first kappa shape index (κ1) is 18.9. The molecule has 0 bridgehead atoms. The number of carboxylic acids is 1. The molecule has 3 rings (SSSR count). The van der Waals surface area contributed by atoms with Crippen LogP contribution in [0, 0.1) is 17.5 Å². The summed E-state index contributed by atoms with van der Waals surface area (Å²) in [6.45, 7) is 0. The highest BCUT2D eigenvalue weighted by Crippen LogP contribution is 2.30. The monoisotopic (exact) mass is 414 g/mol. The van der Waals surface area contributed by atoms with Gasteiger partial charge in [-0.05, 0) is 36.4 Å². The van der Waals surface area contributed by atoms with Crippen LogP contribution in [0.2, 0.25) is 0 Å². The number of aromatic carboxylic acids is 1. The topological polar surface area (TPSA) is 96.4 Å². The smallest absolute Gasteiger partial charge is 0.338 e. The SMILES string of the molecule is O=C(O)c1ccc(NS(=O)(=O)c2cnc(-c3ccc(F)cc3)s2)c(F)c1F. The molecule has 1 aromatic heterocycles. The average Bonchev–Trinajstić information content (AvgIpc) is 3.10. The molecular weight excluding hydrogens is 405 g/mol. The van der Waals surface area contributed by atoms with E-state index >= 15 is 0 Å². The zero-order valence-electron chi connectivity index (χ0n) is 13.1. The molecule has 2 aromatic carbocycles. The Kier molecular flexibility index (Phi) is 4.89. The van der Waals surface area contributed by atoms with Crippen molar-refractivity contribution in [3.05, 3.63) is 65.6 Å². The Labute approximate surface area is 155 Å². The fourth-order valence-corrected chi connectivity index (χ4v) is 4.29. The Balaban J connectivity index is 1.91. The third-order valence-electron chi connectivity index (χ3n) is 3.40. The number of hydrogen-bond acceptors (Lipinski definition) is 5. The number of rotatable bonds is 5. The fraction of sp³-hybridized carbons (Fsp3) is 0. The van der Waals surface area contributed by atoms with Crippen molar-refractivity contribution in [3.63, 3.8) is 0 Å². The summed E-state index contributed by atoms with van der Waals surface area (Å²) in [6, 6.07) is 6.75. The first-order valence-electron chi connectivity index (χ1n) is 7.15. The first-order chi connectivity index (χ1) is 12.7. The Morgan fingerprint density at radius 1 is 1.04 bits per heavy atom. The molecule has 0 saturated carbocycles. The number of hydrogen-bond donors (Lipinski definition) is 2. The van der Waals surface area contributed by atoms with Crippen molar-refractivity contribution in [2.45, 2.75) is 4.21 Å². The number of nitrogens with one attached hydrogen (secondary N) is 1. The van der Waals surface area contributed by atoms with E-state index in [-0.39, 0.29) is 9.22 Å². The van der Waals surface area contributed by atoms with Crippen LogP contribution in [0.3, 0.4) is 0 Å². The normalized spacial score (nSPS) is 11.4. The number of anilines is 1. The summed E-state index contributed by atoms with van der Waals surface area (Å²) < 4.78 is 67.0. The molecule has 140 valence electrons. The van der Waals surface area contributed by atoms with Crippen LogP contribution < -0.4 is 4.72 Å². The maximum Gasteiger partial charge on any atom is 0.338 e. The lowest BCUT2D eigenvalue weighted by Crippen LogP contribution is -2.14. The maximum atomic E-state index is 14.0. The van der Waals surface area contributed by atoms with E-state index in [4.69, 9.17) is 5.11 Å². The summed E-state index contributed by atoms with van der Waals surface area (Å²) in [7, 11) is -4.30. The van der Waals surface area contributed by atoms with Crippen LogP contribution in [0.15, 0.2) is 46.8 Å². The van der Waals surface area contributed by atoms with Crippen molar-refractivity contribution in [1.82, 2.24) is 4.98 Å². The number of carboxylic acid groups (broad SMARTS) is 1. The van der Waals surface area contributed by atoms with Crippen LogP contribution in [-0.2, 0) is 10.0 Å². The Bertz CT molecular complexity index is 1130. The predicted molar refractivity (Wildman–Crippen MR) is 91.6 cm³/mol. The van der Waals surface area contributed by atoms with Gasteiger partial charge in [0.05, 0.1) is 17.4 Å². The molecule has 0 aliphatic rings. The molecule has 0 unspecified atom stereocenters. The first-order valence-corrected chi connectivity index (χ1v) is 9.45. The number of carbonyl (C=O) groups is 1. The number of aromatic nitrogens is 1. The Morgan fingerprint density at radius 3 is 2.33 bits per heavy atom. The number of benzene rings is 2. The molecule has 0 saturated heterocycles. The molecule has 2 N–H and O–H groups in total. The van der Waals surface area contributed by atoms with Gasteiger partial charge in [-0.15, -0.1) is 11.3 Å². The second-order valence-electron chi connectivity index (χ2n) is 5.19. The lowest BCUT2D eigenvalue weighted by molar-refractivity contribution is 0.0690. The number of halogens is 3. The second kappa shape index (κ2) is 7.00. The van der Waals surface area contributed by atoms with Crippen LogP contribution in [0.25, 0.3) is 10.6 Å². The standard InChI is InChI=1S/C16H9F3N2O4S2/c17-9-3-1-8(2-4-9)15-20-7-12(26-15)27(24,25)21-11-6-5-10(16(22)23)13(18)14(11)19/h1-7,21H,(H,22,23). The van der Waals surface area contributed by atoms with Gasteiger partial charge in [0.25, 0.3) is 10.0 Å². The maximum absolute atomic E-state index is 14.0. The summed E-state index contributed by atoms with van der Waals surface area (Å²) in [4.78, 5) is 14.7. The zero-order valence-corrected chi connectivity index (χ0v) is 14.7. The van der Waals surface area contributed by atoms with Gasteiger partial charge in [-0.25, -0.2) is 31.4 Å². The van der Waals surface area contributed by atoms with Crippen molar-refractivity contribution in [3.8, 4) is 10.6 Å². The lowest BCUT2D eigenvalue weighted by atomic mass is 10.2. The summed E-state index contributed by atoms with van der Waals surface area (Å²) >= 11 is 0.742. The van der Waals surface area contributed by atoms with E-state index in [1.165, 1.54) is 24.3 Å². The van der Waals surface area contributed by atoms with Crippen molar-refractivity contribution < 1.29 is 31.5 Å². The van der Waals surface area contributed by atoms with Crippen molar-refractivity contribution >= 4 is 33.0 Å². The second-order valence-corrected chi connectivity index (χ2v) is 8.13. The molecule has 0 atom stereocenters. The third-order valence-corrected chi connectivity index (χ3v) is 6.27. The molecule has 0 radical (unpaired) electrons. The molecule has 0 amide bonds. The molecule has 11 heteroatoms. The number of thiazole rings is 1. The van der Waals surface area contributed by atoms with Gasteiger partial charge in [0.15, 0.2) is 15.8 Å². The number of nitrogens with zero attached hydrogens (tertiary/aromatic N) is 1. The molecule has 3 aromatic rings. The predicted octanol–water partition coefficient (Wildman–Crippen LogP) is 3.73. The van der Waals surface area contributed by atoms with Crippen LogP contribution in [0.1, 0.15) is 10.4 Å². The van der Waals surface area contributed by atoms with E-state index in [0.29, 0.717) is 5.56 Å². The van der Waals surface area contributed by atoms with E-state index in [1.807, 2.05) is 4.72 Å². The highest BCUT2D eigenvalue weighted by atomic mass is 32.2. The van der Waals surface area contributed by atoms with Crippen LogP contribution in [0.5, 0.6) is 0 Å². The highest BCUT2D eigenvalue weighted by Gasteiger charge is 2.24. The molecule has 6 nitrogen and oxygen atoms in total. The molecule has 0 fully saturated rings. The summed E-state index contributed by atoms with van der Waals surface area (Å²) in [5.41, 5.74) is -1.19. The van der Waals surface area contributed by atoms with Crippen LogP contribution in [-0.4, -0.2) is 24.5 Å². The zero-order chi connectivity index (χ0) is 19.8. The largest absolute Gasteiger partial charge is 0.478 e.